The molecule has 2 rings (SSSR count). The van der Waals surface area contributed by atoms with Gasteiger partial charge in [0.2, 0.25) is 0 Å². The molecule has 0 saturated heterocycles. The van der Waals surface area contributed by atoms with Gasteiger partial charge in [0.15, 0.2) is 24.0 Å². The van der Waals surface area contributed by atoms with Gasteiger partial charge in [0.1, 0.15) is 5.01 Å². The second-order valence-electron chi connectivity index (χ2n) is 4.47. The highest BCUT2D eigenvalue weighted by Gasteiger charge is 2.24. The Morgan fingerprint density at radius 3 is 2.64 bits per heavy atom. The number of carbonyl (C=O) groups excluding carboxylic acids is 2. The van der Waals surface area contributed by atoms with E-state index in [9.17, 15) is 9.59 Å². The molecule has 0 aliphatic rings. The van der Waals surface area contributed by atoms with Crippen LogP contribution < -0.4 is 0 Å². The van der Waals surface area contributed by atoms with Crippen molar-refractivity contribution in [3.05, 3.63) is 39.9 Å². The zero-order valence-electron chi connectivity index (χ0n) is 11.9. The fraction of sp³-hybridized carbons (Fsp3) is 0.286. The molecular weight excluding hydrogens is 304 g/mol. The summed E-state index contributed by atoms with van der Waals surface area (Å²) in [6.45, 7) is 3.00. The van der Waals surface area contributed by atoms with Crippen molar-refractivity contribution in [2.75, 3.05) is 6.61 Å². The summed E-state index contributed by atoms with van der Waals surface area (Å²) < 4.78 is 4.88. The Balaban J connectivity index is 1.98. The molecule has 0 fully saturated rings. The van der Waals surface area contributed by atoms with Crippen LogP contribution in [-0.2, 0) is 9.53 Å². The molecule has 0 N–H and O–H groups in total. The van der Waals surface area contributed by atoms with E-state index in [1.807, 2.05) is 6.07 Å². The first kappa shape index (κ1) is 15.7. The first-order valence-corrected chi connectivity index (χ1v) is 7.19. The maximum atomic E-state index is 12.0. The molecule has 0 amide bonds. The van der Waals surface area contributed by atoms with Crippen LogP contribution in [0.3, 0.4) is 0 Å². The summed E-state index contributed by atoms with van der Waals surface area (Å²) >= 11 is 1.23. The zero-order valence-corrected chi connectivity index (χ0v) is 12.8. The van der Waals surface area contributed by atoms with Crippen molar-refractivity contribution in [2.24, 2.45) is 0 Å². The van der Waals surface area contributed by atoms with Crippen LogP contribution in [0.4, 0.5) is 0 Å². The number of aryl methyl sites for hydroxylation is 2. The third kappa shape index (κ3) is 3.71. The number of ether oxygens (including phenoxy) is 1. The Hall–Kier alpha value is -2.66. The molecule has 2 heterocycles. The first-order chi connectivity index (χ1) is 10.5. The summed E-state index contributed by atoms with van der Waals surface area (Å²) in [5.74, 6) is -2.31. The van der Waals surface area contributed by atoms with Crippen LogP contribution in [0.5, 0.6) is 0 Å². The zero-order chi connectivity index (χ0) is 16.1. The minimum absolute atomic E-state index is 0.0111. The molecule has 0 aliphatic carbocycles. The van der Waals surface area contributed by atoms with Gasteiger partial charge in [0.25, 0.3) is 0 Å². The molecule has 0 saturated carbocycles. The number of nitrogens with zero attached hydrogens (tertiary/aromatic N) is 4. The van der Waals surface area contributed by atoms with E-state index in [0.717, 1.165) is 5.69 Å². The van der Waals surface area contributed by atoms with Crippen molar-refractivity contribution in [3.8, 4) is 6.07 Å². The van der Waals surface area contributed by atoms with Crippen molar-refractivity contribution >= 4 is 23.1 Å². The second-order valence-corrected chi connectivity index (χ2v) is 5.36. The van der Waals surface area contributed by atoms with E-state index in [4.69, 9.17) is 10.00 Å². The summed E-state index contributed by atoms with van der Waals surface area (Å²) in [6.07, 6.45) is 2.70. The third-order valence-corrected chi connectivity index (χ3v) is 3.70. The third-order valence-electron chi connectivity index (χ3n) is 2.67. The normalized spacial score (nSPS) is 11.5. The van der Waals surface area contributed by atoms with Gasteiger partial charge < -0.3 is 4.74 Å². The molecule has 7 nitrogen and oxygen atoms in total. The van der Waals surface area contributed by atoms with Crippen LogP contribution in [0.15, 0.2) is 17.8 Å². The van der Waals surface area contributed by atoms with Crippen molar-refractivity contribution in [1.29, 1.82) is 5.26 Å². The number of aromatic nitrogens is 3. The van der Waals surface area contributed by atoms with Gasteiger partial charge in [-0.1, -0.05) is 0 Å². The monoisotopic (exact) mass is 316 g/mol. The number of hydrogen-bond donors (Lipinski definition) is 0. The smallest absolute Gasteiger partial charge is 0.358 e. The Kier molecular flexibility index (Phi) is 4.91. The molecule has 8 heteroatoms. The number of rotatable bonds is 5. The van der Waals surface area contributed by atoms with Gasteiger partial charge in [-0.15, -0.1) is 11.3 Å². The molecule has 112 valence electrons. The van der Waals surface area contributed by atoms with E-state index in [1.165, 1.54) is 23.7 Å². The minimum atomic E-state index is -1.03. The lowest BCUT2D eigenvalue weighted by atomic mass is 10.1. The number of hydrogen-bond acceptors (Lipinski definition) is 8. The fourth-order valence-electron chi connectivity index (χ4n) is 1.56. The van der Waals surface area contributed by atoms with E-state index in [1.54, 1.807) is 19.2 Å². The number of carbonyl (C=O) groups is 2. The van der Waals surface area contributed by atoms with Gasteiger partial charge >= 0.3 is 5.97 Å². The number of thiazole rings is 1. The lowest BCUT2D eigenvalue weighted by Crippen LogP contribution is -2.20. The van der Waals surface area contributed by atoms with Gasteiger partial charge in [-0.2, -0.15) is 5.26 Å². The van der Waals surface area contributed by atoms with Crippen LogP contribution in [0.25, 0.3) is 0 Å². The van der Waals surface area contributed by atoms with Crippen LogP contribution in [0, 0.1) is 25.2 Å². The lowest BCUT2D eigenvalue weighted by molar-refractivity contribution is -0.122. The summed E-state index contributed by atoms with van der Waals surface area (Å²) in [5.41, 5.74) is 1.41. The maximum Gasteiger partial charge on any atom is 0.358 e. The molecule has 0 aliphatic heterocycles. The number of nitriles is 1. The Bertz CT molecular complexity index is 733. The van der Waals surface area contributed by atoms with Gasteiger partial charge in [-0.3, -0.25) is 9.78 Å². The fourth-order valence-corrected chi connectivity index (χ4v) is 2.42. The standard InChI is InChI=1S/C14H12N4O3S/c1-8-4-17-11(5-16-8)14(20)21-6-12(19)10(3-15)13-18-9(2)7-22-13/h4-5,7,10H,6H2,1-2H3/t10-/m0/s1. The maximum absolute atomic E-state index is 12.0. The van der Waals surface area contributed by atoms with E-state index in [0.29, 0.717) is 10.7 Å². The van der Waals surface area contributed by atoms with Crippen molar-refractivity contribution in [3.63, 3.8) is 0 Å². The van der Waals surface area contributed by atoms with Crippen LogP contribution in [0.1, 0.15) is 32.8 Å². The first-order valence-electron chi connectivity index (χ1n) is 6.31. The summed E-state index contributed by atoms with van der Waals surface area (Å²) in [5, 5.41) is 11.3. The Labute approximate surface area is 130 Å². The van der Waals surface area contributed by atoms with Crippen molar-refractivity contribution in [2.45, 2.75) is 19.8 Å². The van der Waals surface area contributed by atoms with Gasteiger partial charge in [0.05, 0.1) is 18.0 Å². The molecule has 0 spiro atoms. The highest BCUT2D eigenvalue weighted by Crippen LogP contribution is 2.20. The number of Topliss-reactive ketones (excluding diaryl/α,β-unsaturated/α-hetero) is 1. The molecule has 22 heavy (non-hydrogen) atoms. The van der Waals surface area contributed by atoms with E-state index >= 15 is 0 Å². The summed E-state index contributed by atoms with van der Waals surface area (Å²) in [4.78, 5) is 35.6. The minimum Gasteiger partial charge on any atom is -0.453 e. The van der Waals surface area contributed by atoms with Crippen LogP contribution in [0.2, 0.25) is 0 Å². The van der Waals surface area contributed by atoms with Crippen molar-refractivity contribution < 1.29 is 14.3 Å². The number of esters is 1. The lowest BCUT2D eigenvalue weighted by Gasteiger charge is -2.06. The predicted molar refractivity (Wildman–Crippen MR) is 77.3 cm³/mol. The molecule has 2 aromatic rings. The summed E-state index contributed by atoms with van der Waals surface area (Å²) in [7, 11) is 0. The topological polar surface area (TPSA) is 106 Å². The molecule has 0 unspecified atom stereocenters. The molecule has 0 aromatic carbocycles. The Morgan fingerprint density at radius 2 is 2.09 bits per heavy atom. The highest BCUT2D eigenvalue weighted by molar-refractivity contribution is 7.09. The molecular formula is C14H12N4O3S. The molecule has 0 radical (unpaired) electrons. The van der Waals surface area contributed by atoms with Crippen molar-refractivity contribution in [1.82, 2.24) is 15.0 Å². The van der Waals surface area contributed by atoms with E-state index < -0.39 is 24.3 Å². The Morgan fingerprint density at radius 1 is 1.32 bits per heavy atom. The molecule has 1 atom stereocenters. The average Bonchev–Trinajstić information content (AvgIpc) is 2.92. The summed E-state index contributed by atoms with van der Waals surface area (Å²) in [6, 6.07) is 1.88. The molecule has 2 aromatic heterocycles. The predicted octanol–water partition coefficient (Wildman–Crippen LogP) is 1.58. The van der Waals surface area contributed by atoms with Gasteiger partial charge in [-0.05, 0) is 13.8 Å². The largest absolute Gasteiger partial charge is 0.453 e. The average molecular weight is 316 g/mol. The SMILES string of the molecule is Cc1cnc(C(=O)OCC(=O)[C@H](C#N)c2nc(C)cs2)cn1. The second kappa shape index (κ2) is 6.87. The van der Waals surface area contributed by atoms with E-state index in [-0.39, 0.29) is 5.69 Å². The van der Waals surface area contributed by atoms with Crippen LogP contribution >= 0.6 is 11.3 Å². The van der Waals surface area contributed by atoms with E-state index in [2.05, 4.69) is 15.0 Å². The highest BCUT2D eigenvalue weighted by atomic mass is 32.1. The quantitative estimate of drug-likeness (QED) is 0.771. The van der Waals surface area contributed by atoms with Gasteiger partial charge in [0, 0.05) is 17.3 Å². The number of ketones is 1. The van der Waals surface area contributed by atoms with Gasteiger partial charge in [-0.25, -0.2) is 14.8 Å². The van der Waals surface area contributed by atoms with Crippen LogP contribution in [-0.4, -0.2) is 33.3 Å². The molecule has 0 bridgehead atoms.